The van der Waals surface area contributed by atoms with Crippen LogP contribution in [-0.2, 0) is 28.4 Å². The highest BCUT2D eigenvalue weighted by Gasteiger charge is 2.25. The van der Waals surface area contributed by atoms with Crippen LogP contribution in [0.3, 0.4) is 0 Å². The molecule has 8 unspecified atom stereocenters. The van der Waals surface area contributed by atoms with Crippen molar-refractivity contribution < 1.29 is 67.4 Å². The number of aliphatic hydroxyl groups is 5. The van der Waals surface area contributed by atoms with E-state index in [-0.39, 0.29) is 71.2 Å². The molecular formula is C36H80N3O11+3. The number of rotatable bonds is 32. The van der Waals surface area contributed by atoms with Crippen LogP contribution in [0.25, 0.3) is 0 Å². The Bertz CT molecular complexity index is 791. The smallest absolute Gasteiger partial charge is 0.126 e. The minimum Gasteiger partial charge on any atom is -0.394 e. The first-order valence-corrected chi connectivity index (χ1v) is 18.5. The molecular weight excluding hydrogens is 650 g/mol. The van der Waals surface area contributed by atoms with Crippen LogP contribution in [0.1, 0.15) is 46.5 Å². The monoisotopic (exact) mass is 731 g/mol. The van der Waals surface area contributed by atoms with Crippen molar-refractivity contribution in [2.24, 2.45) is 0 Å². The molecule has 0 saturated carbocycles. The van der Waals surface area contributed by atoms with Crippen LogP contribution in [0, 0.1) is 0 Å². The fraction of sp³-hybridized carbons (Fsp3) is 1.00. The Hall–Kier alpha value is -0.560. The van der Waals surface area contributed by atoms with Crippen molar-refractivity contribution in [1.82, 2.24) is 0 Å². The number of hydrogen-bond donors (Lipinski definition) is 5. The molecule has 0 spiro atoms. The maximum atomic E-state index is 10.9. The topological polar surface area (TPSA) is 157 Å². The number of hydrogen-bond acceptors (Lipinski definition) is 11. The molecule has 0 aromatic carbocycles. The summed E-state index contributed by atoms with van der Waals surface area (Å²) in [4.78, 5) is 0. The molecule has 0 aromatic rings. The largest absolute Gasteiger partial charge is 0.394 e. The Balaban J connectivity index is 5.61. The van der Waals surface area contributed by atoms with Crippen LogP contribution in [0.4, 0.5) is 0 Å². The zero-order valence-electron chi connectivity index (χ0n) is 33.8. The fourth-order valence-corrected chi connectivity index (χ4v) is 5.60. The molecule has 0 aliphatic heterocycles. The number of aliphatic hydroxyl groups excluding tert-OH is 5. The van der Waals surface area contributed by atoms with Gasteiger partial charge < -0.3 is 67.4 Å². The average Bonchev–Trinajstić information content (AvgIpc) is 2.94. The van der Waals surface area contributed by atoms with Crippen LogP contribution >= 0.6 is 0 Å². The summed E-state index contributed by atoms with van der Waals surface area (Å²) >= 11 is 0. The number of likely N-dealkylation sites (N-methyl/N-ethyl adjacent to an activating group) is 3. The third-order valence-electron chi connectivity index (χ3n) is 7.70. The molecule has 0 aliphatic carbocycles. The third kappa shape index (κ3) is 29.0. The zero-order valence-corrected chi connectivity index (χ0v) is 33.8. The molecule has 0 aromatic heterocycles. The summed E-state index contributed by atoms with van der Waals surface area (Å²) in [6.07, 6.45) is -2.33. The first kappa shape index (κ1) is 49.4. The summed E-state index contributed by atoms with van der Waals surface area (Å²) in [6, 6.07) is 0. The fourth-order valence-electron chi connectivity index (χ4n) is 5.60. The molecule has 14 heteroatoms. The van der Waals surface area contributed by atoms with Crippen LogP contribution in [0.5, 0.6) is 0 Å². The second-order valence-electron chi connectivity index (χ2n) is 17.0. The highest BCUT2D eigenvalue weighted by molar-refractivity contribution is 4.72. The number of nitrogens with zero attached hydrogens (tertiary/aromatic N) is 3. The SMILES string of the molecule is CCC(CO)OC(C)CC(O)CC(CC)OC(COCC(O)C[N+](C)(C)C)COC(COCC(O)C[N+](C)(C)C)COCC(O)C[N+](C)(C)C. The summed E-state index contributed by atoms with van der Waals surface area (Å²) in [5.41, 5.74) is 0. The van der Waals surface area contributed by atoms with Gasteiger partial charge in [0, 0.05) is 0 Å². The Morgan fingerprint density at radius 3 is 1.22 bits per heavy atom. The van der Waals surface area contributed by atoms with Gasteiger partial charge in [0.25, 0.3) is 0 Å². The summed E-state index contributed by atoms with van der Waals surface area (Å²) in [5.74, 6) is 0. The van der Waals surface area contributed by atoms with Crippen molar-refractivity contribution in [1.29, 1.82) is 0 Å². The molecule has 14 nitrogen and oxygen atoms in total. The summed E-state index contributed by atoms with van der Waals surface area (Å²) in [6.45, 7) is 8.39. The summed E-state index contributed by atoms with van der Waals surface area (Å²) < 4.78 is 38.1. The lowest BCUT2D eigenvalue weighted by molar-refractivity contribution is -0.873. The van der Waals surface area contributed by atoms with Gasteiger partial charge >= 0.3 is 0 Å². The molecule has 5 N–H and O–H groups in total. The molecule has 0 amide bonds. The lowest BCUT2D eigenvalue weighted by Crippen LogP contribution is -2.44. The van der Waals surface area contributed by atoms with E-state index in [1.54, 1.807) is 0 Å². The molecule has 0 rings (SSSR count). The standard InChI is InChI=1S/C36H80N3O11/c1-13-33(16-29(41)15-28(3)49-34(14-2)20-40)50-36(26-47-23-32(44)19-39(10,11)12)27-48-35(24-45-21-30(42)17-37(4,5)6)25-46-22-31(43)18-38(7,8)9/h28-36,40-44H,13-27H2,1-12H3/q+3. The van der Waals surface area contributed by atoms with E-state index in [1.165, 1.54) is 0 Å². The maximum Gasteiger partial charge on any atom is 0.126 e. The van der Waals surface area contributed by atoms with Crippen LogP contribution in [0.15, 0.2) is 0 Å². The minimum absolute atomic E-state index is 0.0621. The predicted octanol–water partition coefficient (Wildman–Crippen LogP) is 0.104. The predicted molar refractivity (Wildman–Crippen MR) is 195 cm³/mol. The molecule has 302 valence electrons. The van der Waals surface area contributed by atoms with Gasteiger partial charge in [-0.3, -0.25) is 0 Å². The molecule has 0 radical (unpaired) electrons. The minimum atomic E-state index is -0.675. The van der Waals surface area contributed by atoms with E-state index in [4.69, 9.17) is 28.4 Å². The summed E-state index contributed by atoms with van der Waals surface area (Å²) in [5, 5.41) is 51.8. The van der Waals surface area contributed by atoms with Gasteiger partial charge in [0.1, 0.15) is 50.2 Å². The van der Waals surface area contributed by atoms with E-state index in [0.717, 1.165) is 0 Å². The molecule has 0 saturated heterocycles. The van der Waals surface area contributed by atoms with Gasteiger partial charge in [0.2, 0.25) is 0 Å². The van der Waals surface area contributed by atoms with E-state index in [2.05, 4.69) is 0 Å². The van der Waals surface area contributed by atoms with E-state index in [1.807, 2.05) is 84.2 Å². The highest BCUT2D eigenvalue weighted by Crippen LogP contribution is 2.17. The Labute approximate surface area is 304 Å². The molecule has 0 fully saturated rings. The quantitative estimate of drug-likeness (QED) is 0.0599. The highest BCUT2D eigenvalue weighted by atomic mass is 16.6. The molecule has 8 atom stereocenters. The zero-order chi connectivity index (χ0) is 38.5. The van der Waals surface area contributed by atoms with Gasteiger partial charge in [0.15, 0.2) is 0 Å². The maximum absolute atomic E-state index is 10.9. The normalized spacial score (nSPS) is 18.7. The first-order valence-electron chi connectivity index (χ1n) is 18.5. The van der Waals surface area contributed by atoms with Gasteiger partial charge in [-0.25, -0.2) is 0 Å². The number of quaternary nitrogens is 3. The van der Waals surface area contributed by atoms with Gasteiger partial charge in [-0.1, -0.05) is 13.8 Å². The van der Waals surface area contributed by atoms with E-state index in [9.17, 15) is 25.5 Å². The van der Waals surface area contributed by atoms with Crippen molar-refractivity contribution in [2.75, 3.05) is 136 Å². The molecule has 0 heterocycles. The lowest BCUT2D eigenvalue weighted by Gasteiger charge is -2.30. The molecule has 50 heavy (non-hydrogen) atoms. The van der Waals surface area contributed by atoms with Crippen LogP contribution < -0.4 is 0 Å². The lowest BCUT2D eigenvalue weighted by atomic mass is 10.0. The second-order valence-corrected chi connectivity index (χ2v) is 17.0. The molecule has 0 aliphatic rings. The van der Waals surface area contributed by atoms with Gasteiger partial charge in [-0.15, -0.1) is 0 Å². The van der Waals surface area contributed by atoms with Crippen molar-refractivity contribution >= 4 is 0 Å². The van der Waals surface area contributed by atoms with Crippen molar-refractivity contribution in [3.8, 4) is 0 Å². The van der Waals surface area contributed by atoms with E-state index in [0.29, 0.717) is 58.8 Å². The average molecular weight is 731 g/mol. The van der Waals surface area contributed by atoms with E-state index >= 15 is 0 Å². The number of ether oxygens (including phenoxy) is 6. The second kappa shape index (κ2) is 25.5. The van der Waals surface area contributed by atoms with Crippen LogP contribution in [0.2, 0.25) is 0 Å². The van der Waals surface area contributed by atoms with Crippen molar-refractivity contribution in [2.45, 2.75) is 101 Å². The third-order valence-corrected chi connectivity index (χ3v) is 7.70. The Morgan fingerprint density at radius 1 is 0.460 bits per heavy atom. The van der Waals surface area contributed by atoms with Crippen LogP contribution in [-0.4, -0.2) is 230 Å². The van der Waals surface area contributed by atoms with Gasteiger partial charge in [0.05, 0.1) is 141 Å². The Kier molecular flexibility index (Phi) is 25.2. The van der Waals surface area contributed by atoms with Crippen molar-refractivity contribution in [3.63, 3.8) is 0 Å². The first-order chi connectivity index (χ1) is 23.1. The summed E-state index contributed by atoms with van der Waals surface area (Å²) in [7, 11) is 18.0. The van der Waals surface area contributed by atoms with E-state index < -0.39 is 36.6 Å². The molecule has 0 bridgehead atoms. The van der Waals surface area contributed by atoms with Gasteiger partial charge in [-0.2, -0.15) is 0 Å². The van der Waals surface area contributed by atoms with Crippen molar-refractivity contribution in [3.05, 3.63) is 0 Å². The Morgan fingerprint density at radius 2 is 0.860 bits per heavy atom. The van der Waals surface area contributed by atoms with Gasteiger partial charge in [-0.05, 0) is 32.6 Å².